The Morgan fingerprint density at radius 3 is 2.70 bits per heavy atom. The van der Waals surface area contributed by atoms with Crippen molar-refractivity contribution >= 4 is 44.8 Å². The number of nitrogens with zero attached hydrogens (tertiary/aromatic N) is 3. The number of fused-ring (bicyclic) bond motifs is 1. The Morgan fingerprint density at radius 2 is 1.93 bits per heavy atom. The third-order valence-corrected chi connectivity index (χ3v) is 6.93. The van der Waals surface area contributed by atoms with Gasteiger partial charge < -0.3 is 5.32 Å². The van der Waals surface area contributed by atoms with Crippen molar-refractivity contribution in [2.24, 2.45) is 0 Å². The summed E-state index contributed by atoms with van der Waals surface area (Å²) in [4.78, 5) is 12.5. The van der Waals surface area contributed by atoms with Gasteiger partial charge in [0.25, 0.3) is 0 Å². The maximum Gasteiger partial charge on any atom is 0.234 e. The number of aryl methyl sites for hydroxylation is 2. The number of thiophene rings is 1. The Labute approximate surface area is 184 Å². The lowest BCUT2D eigenvalue weighted by molar-refractivity contribution is -0.113. The number of carbonyl (C=O) groups is 1. The summed E-state index contributed by atoms with van der Waals surface area (Å²) >= 11 is 3.12. The Balaban J connectivity index is 1.53. The molecule has 0 spiro atoms. The van der Waals surface area contributed by atoms with Crippen molar-refractivity contribution in [1.29, 1.82) is 0 Å². The first-order valence-corrected chi connectivity index (χ1v) is 11.7. The van der Waals surface area contributed by atoms with Gasteiger partial charge in [0.1, 0.15) is 0 Å². The summed E-state index contributed by atoms with van der Waals surface area (Å²) in [5.74, 6) is 1.07. The van der Waals surface area contributed by atoms with Crippen LogP contribution in [0.1, 0.15) is 31.0 Å². The highest BCUT2D eigenvalue weighted by molar-refractivity contribution is 7.99. The molecule has 2 aromatic carbocycles. The van der Waals surface area contributed by atoms with E-state index in [0.717, 1.165) is 27.8 Å². The van der Waals surface area contributed by atoms with Crippen molar-refractivity contribution in [3.63, 3.8) is 0 Å². The van der Waals surface area contributed by atoms with E-state index < -0.39 is 0 Å². The van der Waals surface area contributed by atoms with E-state index in [4.69, 9.17) is 0 Å². The monoisotopic (exact) mass is 436 g/mol. The third kappa shape index (κ3) is 4.13. The largest absolute Gasteiger partial charge is 0.325 e. The summed E-state index contributed by atoms with van der Waals surface area (Å²) in [7, 11) is 0. The minimum atomic E-state index is -0.0518. The second-order valence-corrected chi connectivity index (χ2v) is 9.41. The van der Waals surface area contributed by atoms with Crippen molar-refractivity contribution in [2.45, 2.75) is 38.9 Å². The van der Waals surface area contributed by atoms with E-state index in [1.165, 1.54) is 27.4 Å². The lowest BCUT2D eigenvalue weighted by Crippen LogP contribution is -2.15. The quantitative estimate of drug-likeness (QED) is 0.372. The second-order valence-electron chi connectivity index (χ2n) is 7.55. The van der Waals surface area contributed by atoms with E-state index in [0.29, 0.717) is 0 Å². The molecule has 0 aliphatic heterocycles. The van der Waals surface area contributed by atoms with E-state index in [1.807, 2.05) is 37.3 Å². The fourth-order valence-electron chi connectivity index (χ4n) is 3.32. The van der Waals surface area contributed by atoms with Gasteiger partial charge in [0, 0.05) is 32.8 Å². The van der Waals surface area contributed by atoms with Crippen LogP contribution in [0.3, 0.4) is 0 Å². The first kappa shape index (κ1) is 20.6. The van der Waals surface area contributed by atoms with Gasteiger partial charge in [0.2, 0.25) is 5.91 Å². The third-order valence-electron chi connectivity index (χ3n) is 5.03. The average Bonchev–Trinajstić information content (AvgIpc) is 3.33. The van der Waals surface area contributed by atoms with Crippen LogP contribution in [-0.2, 0) is 4.79 Å². The highest BCUT2D eigenvalue weighted by Crippen LogP contribution is 2.35. The molecule has 4 aromatic rings. The van der Waals surface area contributed by atoms with Gasteiger partial charge in [-0.25, -0.2) is 0 Å². The molecule has 0 unspecified atom stereocenters. The maximum absolute atomic E-state index is 12.5. The molecule has 0 radical (unpaired) electrons. The molecule has 0 saturated carbocycles. The first-order valence-electron chi connectivity index (χ1n) is 9.85. The number of nitrogens with one attached hydrogen (secondary N) is 1. The van der Waals surface area contributed by atoms with Crippen molar-refractivity contribution in [2.75, 3.05) is 11.1 Å². The number of rotatable bonds is 6. The molecule has 0 atom stereocenters. The molecule has 0 aliphatic carbocycles. The van der Waals surface area contributed by atoms with Crippen LogP contribution in [0, 0.1) is 13.8 Å². The van der Waals surface area contributed by atoms with Crippen molar-refractivity contribution in [3.05, 3.63) is 59.0 Å². The van der Waals surface area contributed by atoms with Gasteiger partial charge in [0.15, 0.2) is 11.0 Å². The van der Waals surface area contributed by atoms with E-state index >= 15 is 0 Å². The first-order chi connectivity index (χ1) is 14.4. The van der Waals surface area contributed by atoms with Crippen molar-refractivity contribution < 1.29 is 4.79 Å². The summed E-state index contributed by atoms with van der Waals surface area (Å²) in [5.41, 5.74) is 4.27. The zero-order chi connectivity index (χ0) is 21.3. The number of amides is 1. The van der Waals surface area contributed by atoms with Gasteiger partial charge in [-0.1, -0.05) is 36.0 Å². The van der Waals surface area contributed by atoms with Crippen LogP contribution in [0.5, 0.6) is 0 Å². The molecule has 154 valence electrons. The minimum absolute atomic E-state index is 0.0518. The van der Waals surface area contributed by atoms with Crippen molar-refractivity contribution in [1.82, 2.24) is 14.8 Å². The number of aromatic nitrogens is 3. The van der Waals surface area contributed by atoms with Crippen molar-refractivity contribution in [3.8, 4) is 11.4 Å². The smallest absolute Gasteiger partial charge is 0.234 e. The summed E-state index contributed by atoms with van der Waals surface area (Å²) in [6.45, 7) is 8.32. The molecule has 0 bridgehead atoms. The molecular formula is C23H24N4OS2. The standard InChI is InChI=1S/C23H24N4OS2/c1-14(2)27-22(19-12-29-20-8-6-5-7-18(19)20)25-26-23(27)30-13-21(28)24-17-10-9-15(3)16(4)11-17/h5-12,14H,13H2,1-4H3,(H,24,28). The Kier molecular flexibility index (Phi) is 5.92. The fraction of sp³-hybridized carbons (Fsp3) is 0.261. The molecule has 0 aliphatic rings. The normalized spacial score (nSPS) is 11.4. The van der Waals surface area contributed by atoms with E-state index in [1.54, 1.807) is 11.3 Å². The van der Waals surface area contributed by atoms with Gasteiger partial charge in [-0.05, 0) is 57.0 Å². The summed E-state index contributed by atoms with van der Waals surface area (Å²) < 4.78 is 3.34. The van der Waals surface area contributed by atoms with Gasteiger partial charge in [-0.2, -0.15) is 0 Å². The molecule has 0 fully saturated rings. The number of anilines is 1. The molecule has 5 nitrogen and oxygen atoms in total. The molecule has 7 heteroatoms. The van der Waals surface area contributed by atoms with Crippen LogP contribution < -0.4 is 5.32 Å². The topological polar surface area (TPSA) is 59.8 Å². The van der Waals surface area contributed by atoms with Crippen LogP contribution in [0.25, 0.3) is 21.5 Å². The summed E-state index contributed by atoms with van der Waals surface area (Å²) in [5, 5.41) is 15.9. The number of carbonyl (C=O) groups excluding carboxylic acids is 1. The molecule has 30 heavy (non-hydrogen) atoms. The number of benzene rings is 2. The van der Waals surface area contributed by atoms with Crippen LogP contribution in [0.15, 0.2) is 53.0 Å². The molecule has 2 aromatic heterocycles. The zero-order valence-corrected chi connectivity index (χ0v) is 19.1. The van der Waals surface area contributed by atoms with Gasteiger partial charge in [0.05, 0.1) is 5.75 Å². The maximum atomic E-state index is 12.5. The zero-order valence-electron chi connectivity index (χ0n) is 17.5. The number of hydrogen-bond donors (Lipinski definition) is 1. The highest BCUT2D eigenvalue weighted by atomic mass is 32.2. The molecule has 4 rings (SSSR count). The van der Waals surface area contributed by atoms with E-state index in [2.05, 4.69) is 58.4 Å². The highest BCUT2D eigenvalue weighted by Gasteiger charge is 2.20. The fourth-order valence-corrected chi connectivity index (χ4v) is 5.13. The lowest BCUT2D eigenvalue weighted by Gasteiger charge is -2.13. The molecule has 1 N–H and O–H groups in total. The van der Waals surface area contributed by atoms with Gasteiger partial charge in [-0.15, -0.1) is 21.5 Å². The number of thioether (sulfide) groups is 1. The van der Waals surface area contributed by atoms with Crippen LogP contribution in [0.2, 0.25) is 0 Å². The average molecular weight is 437 g/mol. The van der Waals surface area contributed by atoms with Crippen LogP contribution >= 0.6 is 23.1 Å². The summed E-state index contributed by atoms with van der Waals surface area (Å²) in [6.07, 6.45) is 0. The number of hydrogen-bond acceptors (Lipinski definition) is 5. The molecule has 1 amide bonds. The minimum Gasteiger partial charge on any atom is -0.325 e. The predicted octanol–water partition coefficient (Wildman–Crippen LogP) is 6.09. The second kappa shape index (κ2) is 8.62. The Hall–Kier alpha value is -2.64. The van der Waals surface area contributed by atoms with Gasteiger partial charge >= 0.3 is 0 Å². The van der Waals surface area contributed by atoms with E-state index in [9.17, 15) is 4.79 Å². The Bertz CT molecular complexity index is 1210. The molecular weight excluding hydrogens is 412 g/mol. The van der Waals surface area contributed by atoms with Crippen LogP contribution in [-0.4, -0.2) is 26.4 Å². The summed E-state index contributed by atoms with van der Waals surface area (Å²) in [6, 6.07) is 14.4. The SMILES string of the molecule is Cc1ccc(NC(=O)CSc2nnc(-c3csc4ccccc34)n2C(C)C)cc1C. The van der Waals surface area contributed by atoms with E-state index in [-0.39, 0.29) is 17.7 Å². The molecule has 0 saturated heterocycles. The predicted molar refractivity (Wildman–Crippen MR) is 126 cm³/mol. The Morgan fingerprint density at radius 1 is 1.13 bits per heavy atom. The molecule has 2 heterocycles. The van der Waals surface area contributed by atoms with Crippen LogP contribution in [0.4, 0.5) is 5.69 Å². The lowest BCUT2D eigenvalue weighted by atomic mass is 10.1. The van der Waals surface area contributed by atoms with Gasteiger partial charge in [-0.3, -0.25) is 9.36 Å².